The largest absolute Gasteiger partial charge is 0.496 e. The topological polar surface area (TPSA) is 94.5 Å². The number of hydrogen-bond donors (Lipinski definition) is 2. The lowest BCUT2D eigenvalue weighted by Gasteiger charge is -2.19. The van der Waals surface area contributed by atoms with E-state index < -0.39 is 0 Å². The van der Waals surface area contributed by atoms with Crippen molar-refractivity contribution in [3.05, 3.63) is 30.0 Å². The van der Waals surface area contributed by atoms with Crippen molar-refractivity contribution >= 4 is 22.5 Å². The SMILES string of the molecule is COc1cc2ccnc(N)c2cc1CN1CC[C@H](N)C1=O. The smallest absolute Gasteiger partial charge is 0.239 e. The molecule has 2 aromatic rings. The van der Waals surface area contributed by atoms with Gasteiger partial charge in [0.25, 0.3) is 0 Å². The molecule has 1 amide bonds. The van der Waals surface area contributed by atoms with Gasteiger partial charge in [0.15, 0.2) is 0 Å². The van der Waals surface area contributed by atoms with Crippen LogP contribution in [0.3, 0.4) is 0 Å². The Hall–Kier alpha value is -2.34. The molecule has 1 saturated heterocycles. The Morgan fingerprint density at radius 2 is 2.29 bits per heavy atom. The first-order valence-corrected chi connectivity index (χ1v) is 6.85. The van der Waals surface area contributed by atoms with Crippen LogP contribution in [0.2, 0.25) is 0 Å². The summed E-state index contributed by atoms with van der Waals surface area (Å²) < 4.78 is 5.44. The molecule has 6 nitrogen and oxygen atoms in total. The molecule has 0 spiro atoms. The van der Waals surface area contributed by atoms with Gasteiger partial charge in [-0.2, -0.15) is 0 Å². The van der Waals surface area contributed by atoms with E-state index in [-0.39, 0.29) is 11.9 Å². The zero-order valence-electron chi connectivity index (χ0n) is 11.9. The molecule has 110 valence electrons. The summed E-state index contributed by atoms with van der Waals surface area (Å²) >= 11 is 0. The second kappa shape index (κ2) is 5.21. The Labute approximate surface area is 122 Å². The number of anilines is 1. The van der Waals surface area contributed by atoms with E-state index >= 15 is 0 Å². The number of amides is 1. The summed E-state index contributed by atoms with van der Waals surface area (Å²) in [6.45, 7) is 1.14. The van der Waals surface area contributed by atoms with E-state index in [4.69, 9.17) is 16.2 Å². The van der Waals surface area contributed by atoms with Crippen molar-refractivity contribution in [2.75, 3.05) is 19.4 Å². The number of methoxy groups -OCH3 is 1. The van der Waals surface area contributed by atoms with E-state index in [0.717, 1.165) is 22.1 Å². The fourth-order valence-corrected chi connectivity index (χ4v) is 2.71. The van der Waals surface area contributed by atoms with Crippen LogP contribution < -0.4 is 16.2 Å². The molecule has 0 bridgehead atoms. The van der Waals surface area contributed by atoms with Gasteiger partial charge in [-0.05, 0) is 30.0 Å². The molecule has 0 unspecified atom stereocenters. The van der Waals surface area contributed by atoms with E-state index in [1.54, 1.807) is 18.2 Å². The number of likely N-dealkylation sites (tertiary alicyclic amines) is 1. The maximum atomic E-state index is 12.0. The van der Waals surface area contributed by atoms with Crippen LogP contribution in [-0.4, -0.2) is 35.5 Å². The van der Waals surface area contributed by atoms with Crippen molar-refractivity contribution in [3.8, 4) is 5.75 Å². The van der Waals surface area contributed by atoms with Crippen molar-refractivity contribution in [2.24, 2.45) is 5.73 Å². The van der Waals surface area contributed by atoms with Crippen LogP contribution in [0.4, 0.5) is 5.82 Å². The average molecular weight is 286 g/mol. The van der Waals surface area contributed by atoms with Crippen LogP contribution in [0.1, 0.15) is 12.0 Å². The second-order valence-corrected chi connectivity index (χ2v) is 5.24. The number of nitrogens with two attached hydrogens (primary N) is 2. The fraction of sp³-hybridized carbons (Fsp3) is 0.333. The highest BCUT2D eigenvalue weighted by Crippen LogP contribution is 2.30. The van der Waals surface area contributed by atoms with E-state index in [1.165, 1.54) is 0 Å². The van der Waals surface area contributed by atoms with Gasteiger partial charge in [0.05, 0.1) is 13.2 Å². The standard InChI is InChI=1S/C15H18N4O2/c1-21-13-7-9-2-4-18-14(17)11(9)6-10(13)8-19-5-3-12(16)15(19)20/h2,4,6-7,12H,3,5,8,16H2,1H3,(H2,17,18)/t12-/m0/s1. The molecular formula is C15H18N4O2. The molecule has 0 radical (unpaired) electrons. The van der Waals surface area contributed by atoms with Crippen LogP contribution in [0, 0.1) is 0 Å². The minimum Gasteiger partial charge on any atom is -0.496 e. The number of pyridine rings is 1. The number of hydrogen-bond acceptors (Lipinski definition) is 5. The van der Waals surface area contributed by atoms with Crippen molar-refractivity contribution in [1.82, 2.24) is 9.88 Å². The second-order valence-electron chi connectivity index (χ2n) is 5.24. The van der Waals surface area contributed by atoms with Crippen molar-refractivity contribution in [2.45, 2.75) is 19.0 Å². The quantitative estimate of drug-likeness (QED) is 0.873. The van der Waals surface area contributed by atoms with E-state index in [1.807, 2.05) is 18.2 Å². The Morgan fingerprint density at radius 1 is 1.48 bits per heavy atom. The summed E-state index contributed by atoms with van der Waals surface area (Å²) in [5, 5.41) is 1.83. The van der Waals surface area contributed by atoms with Crippen LogP contribution in [0.25, 0.3) is 10.8 Å². The predicted octanol–water partition coefficient (Wildman–Crippen LogP) is 0.885. The Morgan fingerprint density at radius 3 is 2.95 bits per heavy atom. The molecule has 0 saturated carbocycles. The van der Waals surface area contributed by atoms with Crippen LogP contribution >= 0.6 is 0 Å². The lowest BCUT2D eigenvalue weighted by atomic mass is 10.1. The monoisotopic (exact) mass is 286 g/mol. The van der Waals surface area contributed by atoms with Gasteiger partial charge in [-0.25, -0.2) is 4.98 Å². The third kappa shape index (κ3) is 2.38. The summed E-state index contributed by atoms with van der Waals surface area (Å²) in [5.41, 5.74) is 12.6. The number of fused-ring (bicyclic) bond motifs is 1. The number of carbonyl (C=O) groups excluding carboxylic acids is 1. The molecular weight excluding hydrogens is 268 g/mol. The number of aromatic nitrogens is 1. The lowest BCUT2D eigenvalue weighted by molar-refractivity contribution is -0.129. The van der Waals surface area contributed by atoms with Gasteiger partial charge in [0.1, 0.15) is 11.6 Å². The van der Waals surface area contributed by atoms with Gasteiger partial charge < -0.3 is 21.1 Å². The molecule has 1 fully saturated rings. The highest BCUT2D eigenvalue weighted by Gasteiger charge is 2.29. The van der Waals surface area contributed by atoms with Gasteiger partial charge in [-0.1, -0.05) is 0 Å². The minimum absolute atomic E-state index is 0.0173. The third-order valence-electron chi connectivity index (χ3n) is 3.90. The molecule has 3 rings (SSSR count). The summed E-state index contributed by atoms with van der Waals surface area (Å²) in [6, 6.07) is 5.36. The maximum Gasteiger partial charge on any atom is 0.239 e. The maximum absolute atomic E-state index is 12.0. The predicted molar refractivity (Wildman–Crippen MR) is 80.7 cm³/mol. The van der Waals surface area contributed by atoms with E-state index in [2.05, 4.69) is 4.98 Å². The van der Waals surface area contributed by atoms with Gasteiger partial charge in [-0.15, -0.1) is 0 Å². The summed E-state index contributed by atoms with van der Waals surface area (Å²) in [7, 11) is 1.62. The number of nitrogens with zero attached hydrogens (tertiary/aromatic N) is 2. The number of ether oxygens (including phenoxy) is 1. The molecule has 1 aromatic heterocycles. The molecule has 1 aliphatic rings. The van der Waals surface area contributed by atoms with Gasteiger partial charge in [-0.3, -0.25) is 4.79 Å². The Kier molecular flexibility index (Phi) is 3.39. The number of carbonyl (C=O) groups is 1. The molecule has 1 atom stereocenters. The van der Waals surface area contributed by atoms with Gasteiger partial charge >= 0.3 is 0 Å². The summed E-state index contributed by atoms with van der Waals surface area (Å²) in [6.07, 6.45) is 2.36. The summed E-state index contributed by atoms with van der Waals surface area (Å²) in [4.78, 5) is 17.8. The average Bonchev–Trinajstić information content (AvgIpc) is 2.79. The zero-order chi connectivity index (χ0) is 15.0. The van der Waals surface area contributed by atoms with Crippen LogP contribution in [-0.2, 0) is 11.3 Å². The molecule has 2 heterocycles. The first-order chi connectivity index (χ1) is 10.1. The van der Waals surface area contributed by atoms with Crippen LogP contribution in [0.15, 0.2) is 24.4 Å². The first-order valence-electron chi connectivity index (χ1n) is 6.85. The lowest BCUT2D eigenvalue weighted by Crippen LogP contribution is -2.33. The molecule has 4 N–H and O–H groups in total. The first kappa shape index (κ1) is 13.6. The number of nitrogen functional groups attached to an aromatic ring is 1. The zero-order valence-corrected chi connectivity index (χ0v) is 11.9. The third-order valence-corrected chi connectivity index (χ3v) is 3.90. The van der Waals surface area contributed by atoms with Crippen molar-refractivity contribution in [3.63, 3.8) is 0 Å². The minimum atomic E-state index is -0.386. The van der Waals surface area contributed by atoms with E-state index in [9.17, 15) is 4.79 Å². The fourth-order valence-electron chi connectivity index (χ4n) is 2.71. The number of rotatable bonds is 3. The molecule has 21 heavy (non-hydrogen) atoms. The van der Waals surface area contributed by atoms with Gasteiger partial charge in [0.2, 0.25) is 5.91 Å². The number of benzene rings is 1. The highest BCUT2D eigenvalue weighted by atomic mass is 16.5. The van der Waals surface area contributed by atoms with Crippen molar-refractivity contribution < 1.29 is 9.53 Å². The van der Waals surface area contributed by atoms with Gasteiger partial charge in [0, 0.05) is 30.2 Å². The Balaban J connectivity index is 2.01. The molecule has 1 aliphatic heterocycles. The summed E-state index contributed by atoms with van der Waals surface area (Å²) in [5.74, 6) is 1.19. The van der Waals surface area contributed by atoms with Crippen molar-refractivity contribution in [1.29, 1.82) is 0 Å². The molecule has 0 aliphatic carbocycles. The normalized spacial score (nSPS) is 18.5. The molecule has 6 heteroatoms. The Bertz CT molecular complexity index is 701. The van der Waals surface area contributed by atoms with E-state index in [0.29, 0.717) is 25.3 Å². The van der Waals surface area contributed by atoms with Crippen LogP contribution in [0.5, 0.6) is 5.75 Å². The highest BCUT2D eigenvalue weighted by molar-refractivity contribution is 5.92. The molecule has 1 aromatic carbocycles.